The van der Waals surface area contributed by atoms with Crippen LogP contribution in [0.4, 0.5) is 11.4 Å². The monoisotopic (exact) mass is 324 g/mol. The molecule has 0 aromatic heterocycles. The number of rotatable bonds is 4. The fraction of sp³-hybridized carbons (Fsp3) is 0.222. The minimum absolute atomic E-state index is 0.451. The molecule has 6 nitrogen and oxygen atoms in total. The van der Waals surface area contributed by atoms with Gasteiger partial charge < -0.3 is 10.4 Å². The van der Waals surface area contributed by atoms with E-state index in [1.165, 1.54) is 0 Å². The molecule has 2 aromatic rings. The molecule has 0 heterocycles. The first-order chi connectivity index (χ1) is 11.5. The topological polar surface area (TPSA) is 89.9 Å². The highest BCUT2D eigenvalue weighted by atomic mass is 16.4. The van der Waals surface area contributed by atoms with Crippen LogP contribution in [-0.4, -0.2) is 33.3 Å². The van der Waals surface area contributed by atoms with Crippen molar-refractivity contribution in [2.75, 3.05) is 0 Å². The SMILES string of the molecule is CC(=Nc1cccc2cccc(N=C(C)/C(C)=N/O)c12)/C(C)=N/O. The van der Waals surface area contributed by atoms with Crippen molar-refractivity contribution in [1.29, 1.82) is 0 Å². The third-order valence-corrected chi connectivity index (χ3v) is 3.78. The number of benzene rings is 2. The van der Waals surface area contributed by atoms with E-state index >= 15 is 0 Å². The van der Waals surface area contributed by atoms with Crippen molar-refractivity contribution in [1.82, 2.24) is 0 Å². The Hall–Kier alpha value is -3.02. The van der Waals surface area contributed by atoms with Crippen LogP contribution < -0.4 is 0 Å². The Bertz CT molecular complexity index is 811. The van der Waals surface area contributed by atoms with Crippen LogP contribution >= 0.6 is 0 Å². The summed E-state index contributed by atoms with van der Waals surface area (Å²) in [6, 6.07) is 11.6. The van der Waals surface area contributed by atoms with Gasteiger partial charge in [0.25, 0.3) is 0 Å². The quantitative estimate of drug-likeness (QED) is 0.484. The molecule has 0 fully saturated rings. The van der Waals surface area contributed by atoms with Crippen LogP contribution in [0.1, 0.15) is 27.7 Å². The van der Waals surface area contributed by atoms with Crippen LogP contribution in [0.3, 0.4) is 0 Å². The number of nitrogens with zero attached hydrogens (tertiary/aromatic N) is 4. The van der Waals surface area contributed by atoms with E-state index in [0.29, 0.717) is 22.8 Å². The van der Waals surface area contributed by atoms with Crippen molar-refractivity contribution in [2.24, 2.45) is 20.3 Å². The minimum atomic E-state index is 0.451. The Labute approximate surface area is 140 Å². The van der Waals surface area contributed by atoms with E-state index in [2.05, 4.69) is 20.3 Å². The first-order valence-electron chi connectivity index (χ1n) is 7.48. The summed E-state index contributed by atoms with van der Waals surface area (Å²) in [4.78, 5) is 9.14. The van der Waals surface area contributed by atoms with E-state index in [4.69, 9.17) is 10.4 Å². The van der Waals surface area contributed by atoms with E-state index in [1.54, 1.807) is 27.7 Å². The van der Waals surface area contributed by atoms with Crippen molar-refractivity contribution in [3.8, 4) is 0 Å². The molecular formula is C18H20N4O2. The van der Waals surface area contributed by atoms with Crippen molar-refractivity contribution < 1.29 is 10.4 Å². The second-order valence-electron chi connectivity index (χ2n) is 5.42. The van der Waals surface area contributed by atoms with E-state index in [1.807, 2.05) is 36.4 Å². The molecule has 0 aliphatic carbocycles. The number of oxime groups is 2. The third-order valence-electron chi connectivity index (χ3n) is 3.78. The van der Waals surface area contributed by atoms with E-state index in [-0.39, 0.29) is 0 Å². The maximum Gasteiger partial charge on any atom is 0.0976 e. The molecule has 2 aromatic carbocycles. The van der Waals surface area contributed by atoms with E-state index < -0.39 is 0 Å². The van der Waals surface area contributed by atoms with Gasteiger partial charge in [0.1, 0.15) is 0 Å². The highest BCUT2D eigenvalue weighted by Crippen LogP contribution is 2.34. The van der Waals surface area contributed by atoms with Gasteiger partial charge in [0.15, 0.2) is 0 Å². The van der Waals surface area contributed by atoms with Gasteiger partial charge in [-0.2, -0.15) is 0 Å². The molecule has 0 saturated heterocycles. The third kappa shape index (κ3) is 3.65. The lowest BCUT2D eigenvalue weighted by Crippen LogP contribution is -2.05. The first-order valence-corrected chi connectivity index (χ1v) is 7.48. The molecular weight excluding hydrogens is 304 g/mol. The average Bonchev–Trinajstić information content (AvgIpc) is 2.60. The van der Waals surface area contributed by atoms with E-state index in [0.717, 1.165) is 22.1 Å². The highest BCUT2D eigenvalue weighted by molar-refractivity contribution is 6.41. The van der Waals surface area contributed by atoms with Crippen LogP contribution in [0.5, 0.6) is 0 Å². The van der Waals surface area contributed by atoms with Crippen LogP contribution in [-0.2, 0) is 0 Å². The molecule has 24 heavy (non-hydrogen) atoms. The van der Waals surface area contributed by atoms with Gasteiger partial charge in [0.2, 0.25) is 0 Å². The summed E-state index contributed by atoms with van der Waals surface area (Å²) < 4.78 is 0. The van der Waals surface area contributed by atoms with Gasteiger partial charge in [-0.15, -0.1) is 0 Å². The summed E-state index contributed by atoms with van der Waals surface area (Å²) in [5.74, 6) is 0. The van der Waals surface area contributed by atoms with Gasteiger partial charge in [0, 0.05) is 5.39 Å². The summed E-state index contributed by atoms with van der Waals surface area (Å²) in [5.41, 5.74) is 3.61. The zero-order valence-electron chi connectivity index (χ0n) is 14.1. The van der Waals surface area contributed by atoms with Gasteiger partial charge in [-0.1, -0.05) is 34.6 Å². The molecule has 124 valence electrons. The summed E-state index contributed by atoms with van der Waals surface area (Å²) in [6.45, 7) is 6.95. The van der Waals surface area contributed by atoms with Gasteiger partial charge in [-0.05, 0) is 45.2 Å². The van der Waals surface area contributed by atoms with Gasteiger partial charge in [-0.25, -0.2) is 0 Å². The molecule has 0 unspecified atom stereocenters. The molecule has 0 aliphatic heterocycles. The number of hydrogen-bond donors (Lipinski definition) is 2. The zero-order valence-corrected chi connectivity index (χ0v) is 14.1. The fourth-order valence-electron chi connectivity index (χ4n) is 2.16. The number of aliphatic imine (C=N–C) groups is 2. The van der Waals surface area contributed by atoms with Crippen LogP contribution in [0.2, 0.25) is 0 Å². The Morgan fingerprint density at radius 1 is 0.667 bits per heavy atom. The highest BCUT2D eigenvalue weighted by Gasteiger charge is 2.08. The minimum Gasteiger partial charge on any atom is -0.411 e. The predicted molar refractivity (Wildman–Crippen MR) is 99.3 cm³/mol. The number of hydrogen-bond acceptors (Lipinski definition) is 6. The number of fused-ring (bicyclic) bond motifs is 1. The molecule has 0 radical (unpaired) electrons. The molecule has 0 amide bonds. The standard InChI is InChI=1S/C18H20N4O2/c1-11(13(3)21-23)19-16-9-5-7-15-8-6-10-17(18(15)16)20-12(2)14(4)22-24/h5-10,23-24H,1-4H3/b19-11?,20-12?,21-13+,22-14+. The summed E-state index contributed by atoms with van der Waals surface area (Å²) in [5, 5.41) is 26.1. The van der Waals surface area contributed by atoms with Crippen molar-refractivity contribution >= 4 is 45.0 Å². The lowest BCUT2D eigenvalue weighted by Gasteiger charge is -2.08. The van der Waals surface area contributed by atoms with Gasteiger partial charge >= 0.3 is 0 Å². The fourth-order valence-corrected chi connectivity index (χ4v) is 2.16. The normalized spacial score (nSPS) is 14.3. The van der Waals surface area contributed by atoms with Gasteiger partial charge in [0.05, 0.1) is 34.2 Å². The van der Waals surface area contributed by atoms with Gasteiger partial charge in [-0.3, -0.25) is 9.98 Å². The lowest BCUT2D eigenvalue weighted by molar-refractivity contribution is 0.319. The maximum atomic E-state index is 8.91. The lowest BCUT2D eigenvalue weighted by atomic mass is 10.1. The molecule has 0 aliphatic rings. The summed E-state index contributed by atoms with van der Waals surface area (Å²) >= 11 is 0. The predicted octanol–water partition coefficient (Wildman–Crippen LogP) is 4.72. The van der Waals surface area contributed by atoms with Crippen molar-refractivity contribution in [2.45, 2.75) is 27.7 Å². The summed E-state index contributed by atoms with van der Waals surface area (Å²) in [6.07, 6.45) is 0. The molecule has 2 rings (SSSR count). The largest absolute Gasteiger partial charge is 0.411 e. The molecule has 0 bridgehead atoms. The van der Waals surface area contributed by atoms with E-state index in [9.17, 15) is 0 Å². The molecule has 0 atom stereocenters. The summed E-state index contributed by atoms with van der Waals surface area (Å²) in [7, 11) is 0. The first kappa shape index (κ1) is 17.3. The molecule has 0 spiro atoms. The average molecular weight is 324 g/mol. The van der Waals surface area contributed by atoms with Crippen LogP contribution in [0.15, 0.2) is 56.7 Å². The zero-order chi connectivity index (χ0) is 17.7. The second kappa shape index (κ2) is 7.50. The Kier molecular flexibility index (Phi) is 5.42. The second-order valence-corrected chi connectivity index (χ2v) is 5.42. The Morgan fingerprint density at radius 2 is 1.08 bits per heavy atom. The Balaban J connectivity index is 2.71. The smallest absolute Gasteiger partial charge is 0.0976 e. The van der Waals surface area contributed by atoms with Crippen LogP contribution in [0, 0.1) is 0 Å². The maximum absolute atomic E-state index is 8.91. The Morgan fingerprint density at radius 3 is 1.46 bits per heavy atom. The molecule has 6 heteroatoms. The molecule has 2 N–H and O–H groups in total. The van der Waals surface area contributed by atoms with Crippen molar-refractivity contribution in [3.05, 3.63) is 36.4 Å². The molecule has 0 saturated carbocycles. The van der Waals surface area contributed by atoms with Crippen LogP contribution in [0.25, 0.3) is 10.8 Å². The van der Waals surface area contributed by atoms with Crippen molar-refractivity contribution in [3.63, 3.8) is 0 Å².